The molecule has 0 aliphatic rings. The number of halogens is 19. The SMILES string of the molecule is CC(C)(C)OC(=O)NCCO.CC(C)(C)OC(=O)NCCOc1ccc(C(F)(F)F)cc1C(F)(F)F.FC(F)(F)c1ccc(Br)c(C(F)(F)F)c1.NCCOc1ccc(C(F)(F)F)cc1C(F)(F)F. The zero-order chi connectivity index (χ0) is 54.2. The van der Waals surface area contributed by atoms with Crippen LogP contribution in [0.2, 0.25) is 0 Å². The maximum Gasteiger partial charge on any atom is 0.419 e. The maximum atomic E-state index is 12.9. The summed E-state index contributed by atoms with van der Waals surface area (Å²) in [5.41, 5.74) is -4.65. The van der Waals surface area contributed by atoms with Crippen molar-refractivity contribution in [1.82, 2.24) is 10.6 Å². The first-order chi connectivity index (χ1) is 30.9. The molecule has 2 amide bonds. The lowest BCUT2D eigenvalue weighted by Crippen LogP contribution is -2.34. The molecule has 69 heavy (non-hydrogen) atoms. The Kier molecular flexibility index (Phi) is 23.8. The standard InChI is InChI=1S/C15H17F6NO3.C10H9F6NO.C8H3BrF6.C7H15NO3/c1-13(2,3)25-12(23)22-6-7-24-11-5-4-9(14(16,17)18)8-10(11)15(19,20)21;11-9(12,13)6-1-2-8(18-4-3-17)7(5-6)10(14,15)16;9-6-2-1-4(7(10,11)12)3-5(6)8(13,14)15;1-7(2,3)11-6(10)8-4-5-9/h4-5,8H,6-7H2,1-3H3,(H,22,23);1-2,5H,3-4,17H2;1-3H;9H,4-5H2,1-3H3,(H,8,10). The van der Waals surface area contributed by atoms with E-state index in [1.54, 1.807) is 41.5 Å². The zero-order valence-corrected chi connectivity index (χ0v) is 38.2. The van der Waals surface area contributed by atoms with Gasteiger partial charge in [0.15, 0.2) is 0 Å². The molecule has 0 aliphatic carbocycles. The maximum absolute atomic E-state index is 12.9. The molecular formula is C40H44BrF18N3O7. The molecule has 0 radical (unpaired) electrons. The van der Waals surface area contributed by atoms with Gasteiger partial charge in [0.2, 0.25) is 0 Å². The highest BCUT2D eigenvalue weighted by Gasteiger charge is 2.41. The molecule has 0 saturated heterocycles. The van der Waals surface area contributed by atoms with E-state index in [9.17, 15) is 88.6 Å². The summed E-state index contributed by atoms with van der Waals surface area (Å²) < 4.78 is 243. The van der Waals surface area contributed by atoms with Crippen LogP contribution in [0.4, 0.5) is 88.6 Å². The number of benzene rings is 3. The highest BCUT2D eigenvalue weighted by atomic mass is 79.9. The van der Waals surface area contributed by atoms with Crippen molar-refractivity contribution in [3.63, 3.8) is 0 Å². The molecule has 0 saturated carbocycles. The Morgan fingerprint density at radius 2 is 0.826 bits per heavy atom. The van der Waals surface area contributed by atoms with Gasteiger partial charge >= 0.3 is 49.2 Å². The van der Waals surface area contributed by atoms with Gasteiger partial charge in [0, 0.05) is 17.6 Å². The Morgan fingerprint density at radius 3 is 1.13 bits per heavy atom. The summed E-state index contributed by atoms with van der Waals surface area (Å²) >= 11 is 2.55. The average Bonchev–Trinajstić information content (AvgIpc) is 3.15. The Hall–Kier alpha value is -5.06. The Bertz CT molecular complexity index is 2080. The number of hydrogen-bond acceptors (Lipinski definition) is 8. The van der Waals surface area contributed by atoms with E-state index in [0.29, 0.717) is 30.3 Å². The zero-order valence-electron chi connectivity index (χ0n) is 36.6. The monoisotopic (exact) mass is 1100 g/mol. The summed E-state index contributed by atoms with van der Waals surface area (Å²) in [6.45, 7) is 9.56. The van der Waals surface area contributed by atoms with Gasteiger partial charge in [0.25, 0.3) is 0 Å². The fourth-order valence-electron chi connectivity index (χ4n) is 4.30. The summed E-state index contributed by atoms with van der Waals surface area (Å²) in [7, 11) is 0. The first kappa shape index (κ1) is 63.9. The van der Waals surface area contributed by atoms with Gasteiger partial charge in [-0.25, -0.2) is 9.59 Å². The molecule has 5 N–H and O–H groups in total. The molecular weight excluding hydrogens is 1060 g/mol. The van der Waals surface area contributed by atoms with E-state index in [2.05, 4.69) is 31.3 Å². The molecule has 0 fully saturated rings. The number of alkyl carbamates (subject to hydrolysis) is 2. The lowest BCUT2D eigenvalue weighted by atomic mass is 10.1. The molecule has 394 valence electrons. The van der Waals surface area contributed by atoms with E-state index in [4.69, 9.17) is 25.1 Å². The highest BCUT2D eigenvalue weighted by molar-refractivity contribution is 9.10. The third kappa shape index (κ3) is 25.9. The number of aliphatic hydroxyl groups is 1. The van der Waals surface area contributed by atoms with Gasteiger partial charge in [0.1, 0.15) is 35.9 Å². The lowest BCUT2D eigenvalue weighted by Gasteiger charge is -2.20. The number of alkyl halides is 18. The number of aliphatic hydroxyl groups excluding tert-OH is 1. The first-order valence-electron chi connectivity index (χ1n) is 18.9. The van der Waals surface area contributed by atoms with Crippen LogP contribution in [0.5, 0.6) is 11.5 Å². The number of nitrogens with one attached hydrogen (secondary N) is 2. The predicted octanol–water partition coefficient (Wildman–Crippen LogP) is 12.7. The summed E-state index contributed by atoms with van der Waals surface area (Å²) in [5, 5.41) is 13.0. The van der Waals surface area contributed by atoms with Crippen molar-refractivity contribution in [2.24, 2.45) is 5.73 Å². The average molecular weight is 1100 g/mol. The number of rotatable bonds is 9. The van der Waals surface area contributed by atoms with E-state index in [0.717, 1.165) is 6.07 Å². The van der Waals surface area contributed by atoms with E-state index in [-0.39, 0.29) is 57.7 Å². The first-order valence-corrected chi connectivity index (χ1v) is 19.7. The smallest absolute Gasteiger partial charge is 0.419 e. The van der Waals surface area contributed by atoms with Crippen molar-refractivity contribution < 1.29 is 113 Å². The van der Waals surface area contributed by atoms with E-state index in [1.165, 1.54) is 0 Å². The van der Waals surface area contributed by atoms with Crippen molar-refractivity contribution >= 4 is 28.1 Å². The molecule has 0 aromatic heterocycles. The van der Waals surface area contributed by atoms with Crippen LogP contribution in [-0.4, -0.2) is 68.0 Å². The summed E-state index contributed by atoms with van der Waals surface area (Å²) in [5.74, 6) is -1.42. The molecule has 0 spiro atoms. The van der Waals surface area contributed by atoms with Gasteiger partial charge < -0.3 is 40.4 Å². The van der Waals surface area contributed by atoms with Crippen LogP contribution in [0.1, 0.15) is 74.9 Å². The van der Waals surface area contributed by atoms with Crippen LogP contribution in [0.15, 0.2) is 59.1 Å². The van der Waals surface area contributed by atoms with Crippen LogP contribution in [0.25, 0.3) is 0 Å². The summed E-state index contributed by atoms with van der Waals surface area (Å²) in [6.07, 6.45) is -30.6. The molecule has 29 heteroatoms. The molecule has 0 heterocycles. The van der Waals surface area contributed by atoms with Crippen molar-refractivity contribution in [2.45, 2.75) is 89.8 Å². The summed E-state index contributed by atoms with van der Waals surface area (Å²) in [6, 6.07) is 3.64. The highest BCUT2D eigenvalue weighted by Crippen LogP contribution is 2.42. The van der Waals surface area contributed by atoms with Gasteiger partial charge in [-0.2, -0.15) is 79.0 Å². The predicted molar refractivity (Wildman–Crippen MR) is 213 cm³/mol. The Morgan fingerprint density at radius 1 is 0.507 bits per heavy atom. The molecule has 0 unspecified atom stereocenters. The number of amides is 2. The topological polar surface area (TPSA) is 141 Å². The molecule has 0 aliphatic heterocycles. The minimum Gasteiger partial charge on any atom is -0.492 e. The fourth-order valence-corrected chi connectivity index (χ4v) is 4.77. The fraction of sp³-hybridized carbons (Fsp3) is 0.500. The van der Waals surface area contributed by atoms with Crippen molar-refractivity contribution in [3.05, 3.63) is 92.5 Å². The number of carbonyl (C=O) groups is 2. The van der Waals surface area contributed by atoms with Gasteiger partial charge in [-0.3, -0.25) is 0 Å². The quantitative estimate of drug-likeness (QED) is 0.123. The van der Waals surface area contributed by atoms with Crippen LogP contribution < -0.4 is 25.8 Å². The number of hydrogen-bond donors (Lipinski definition) is 4. The van der Waals surface area contributed by atoms with Gasteiger partial charge in [-0.15, -0.1) is 0 Å². The van der Waals surface area contributed by atoms with Crippen LogP contribution >= 0.6 is 15.9 Å². The van der Waals surface area contributed by atoms with Crippen molar-refractivity contribution in [2.75, 3.05) is 39.5 Å². The van der Waals surface area contributed by atoms with Crippen LogP contribution in [0, 0.1) is 0 Å². The molecule has 3 aromatic carbocycles. The summed E-state index contributed by atoms with van der Waals surface area (Å²) in [4.78, 5) is 22.1. The largest absolute Gasteiger partial charge is 0.492 e. The molecule has 0 atom stereocenters. The van der Waals surface area contributed by atoms with Crippen molar-refractivity contribution in [3.8, 4) is 11.5 Å². The van der Waals surface area contributed by atoms with Gasteiger partial charge in [-0.05, 0) is 96.1 Å². The number of ether oxygens (including phenoxy) is 4. The molecule has 3 aromatic rings. The molecule has 3 rings (SSSR count). The second-order valence-corrected chi connectivity index (χ2v) is 16.0. The van der Waals surface area contributed by atoms with Crippen molar-refractivity contribution in [1.29, 1.82) is 0 Å². The van der Waals surface area contributed by atoms with Crippen LogP contribution in [0.3, 0.4) is 0 Å². The normalized spacial score (nSPS) is 12.4. The number of nitrogens with two attached hydrogens (primary N) is 1. The molecule has 10 nitrogen and oxygen atoms in total. The Balaban J connectivity index is 0.000000932. The minimum atomic E-state index is -5.02. The van der Waals surface area contributed by atoms with Gasteiger partial charge in [0.05, 0.1) is 46.5 Å². The second kappa shape index (κ2) is 25.7. The van der Waals surface area contributed by atoms with E-state index < -0.39 is 110 Å². The third-order valence-electron chi connectivity index (χ3n) is 7.01. The second-order valence-electron chi connectivity index (χ2n) is 15.2. The minimum absolute atomic E-state index is 0.0172. The van der Waals surface area contributed by atoms with E-state index in [1.807, 2.05) is 0 Å². The lowest BCUT2D eigenvalue weighted by molar-refractivity contribution is -0.145. The molecule has 0 bridgehead atoms. The van der Waals surface area contributed by atoms with Gasteiger partial charge in [-0.1, -0.05) is 15.9 Å². The van der Waals surface area contributed by atoms with Crippen LogP contribution in [-0.2, 0) is 46.5 Å². The van der Waals surface area contributed by atoms with E-state index >= 15 is 0 Å². The number of carbonyl (C=O) groups excluding carboxylic acids is 2. The third-order valence-corrected chi connectivity index (χ3v) is 7.70. The Labute approximate surface area is 389 Å².